The molecular weight excluding hydrogens is 214 g/mol. The maximum atomic E-state index is 11.9. The largest absolute Gasteiger partial charge is 0.399 e. The Morgan fingerprint density at radius 3 is 2.82 bits per heavy atom. The van der Waals surface area contributed by atoms with Crippen molar-refractivity contribution in [3.8, 4) is 12.3 Å². The Bertz CT molecular complexity index is 446. The number of benzene rings is 1. The summed E-state index contributed by atoms with van der Waals surface area (Å²) in [5, 5.41) is 2.76. The van der Waals surface area contributed by atoms with Gasteiger partial charge >= 0.3 is 0 Å². The van der Waals surface area contributed by atoms with Gasteiger partial charge in [0.2, 0.25) is 0 Å². The fourth-order valence-corrected chi connectivity index (χ4v) is 1.47. The highest BCUT2D eigenvalue weighted by molar-refractivity contribution is 6.00. The van der Waals surface area contributed by atoms with Crippen LogP contribution in [0.25, 0.3) is 0 Å². The summed E-state index contributed by atoms with van der Waals surface area (Å²) in [5.74, 6) is 2.32. The van der Waals surface area contributed by atoms with Crippen LogP contribution in [0.3, 0.4) is 0 Å². The summed E-state index contributed by atoms with van der Waals surface area (Å²) < 4.78 is 0. The summed E-state index contributed by atoms with van der Waals surface area (Å²) in [6.07, 6.45) is 5.65. The van der Waals surface area contributed by atoms with Crippen LogP contribution in [0.15, 0.2) is 18.2 Å². The smallest absolute Gasteiger partial charge is 0.253 e. The zero-order valence-electron chi connectivity index (χ0n) is 10.2. The molecular formula is C13H17N3O. The minimum absolute atomic E-state index is 0.156. The first-order valence-corrected chi connectivity index (χ1v) is 5.34. The van der Waals surface area contributed by atoms with Gasteiger partial charge in [-0.05, 0) is 18.2 Å². The molecule has 90 valence electrons. The third-order valence-electron chi connectivity index (χ3n) is 2.30. The van der Waals surface area contributed by atoms with E-state index in [1.165, 1.54) is 0 Å². The van der Waals surface area contributed by atoms with Gasteiger partial charge in [0.1, 0.15) is 0 Å². The number of carbonyl (C=O) groups excluding carboxylic acids is 1. The van der Waals surface area contributed by atoms with Crippen molar-refractivity contribution in [2.75, 3.05) is 31.3 Å². The van der Waals surface area contributed by atoms with Crippen molar-refractivity contribution in [2.24, 2.45) is 0 Å². The average Bonchev–Trinajstić information content (AvgIpc) is 2.28. The molecule has 1 rings (SSSR count). The van der Waals surface area contributed by atoms with Crippen molar-refractivity contribution < 1.29 is 4.79 Å². The number of rotatable bonds is 4. The number of nitrogen functional groups attached to an aromatic ring is 1. The van der Waals surface area contributed by atoms with E-state index >= 15 is 0 Å². The molecule has 0 spiro atoms. The summed E-state index contributed by atoms with van der Waals surface area (Å²) in [7, 11) is 3.76. The predicted octanol–water partition coefficient (Wildman–Crippen LogP) is 1.09. The van der Waals surface area contributed by atoms with Crippen LogP contribution in [-0.2, 0) is 0 Å². The van der Waals surface area contributed by atoms with Gasteiger partial charge in [0, 0.05) is 38.4 Å². The number of terminal acetylenes is 1. The third-order valence-corrected chi connectivity index (χ3v) is 2.30. The van der Waals surface area contributed by atoms with E-state index < -0.39 is 0 Å². The summed E-state index contributed by atoms with van der Waals surface area (Å²) in [6.45, 7) is 0.469. The Balaban J connectivity index is 2.91. The van der Waals surface area contributed by atoms with Crippen LogP contribution in [0.5, 0.6) is 0 Å². The lowest BCUT2D eigenvalue weighted by atomic mass is 10.1. The lowest BCUT2D eigenvalue weighted by Crippen LogP contribution is -2.26. The molecule has 0 saturated heterocycles. The van der Waals surface area contributed by atoms with Crippen molar-refractivity contribution in [2.45, 2.75) is 6.42 Å². The van der Waals surface area contributed by atoms with Crippen molar-refractivity contribution in [1.82, 2.24) is 5.32 Å². The number of nitrogens with one attached hydrogen (secondary N) is 1. The van der Waals surface area contributed by atoms with E-state index in [0.29, 0.717) is 24.2 Å². The Hall–Kier alpha value is -2.15. The Morgan fingerprint density at radius 1 is 1.53 bits per heavy atom. The molecule has 1 aromatic rings. The van der Waals surface area contributed by atoms with E-state index in [0.717, 1.165) is 5.69 Å². The van der Waals surface area contributed by atoms with Gasteiger partial charge in [0.15, 0.2) is 0 Å². The minimum Gasteiger partial charge on any atom is -0.399 e. The van der Waals surface area contributed by atoms with Crippen LogP contribution >= 0.6 is 0 Å². The fourth-order valence-electron chi connectivity index (χ4n) is 1.47. The number of hydrogen-bond donors (Lipinski definition) is 2. The van der Waals surface area contributed by atoms with E-state index in [2.05, 4.69) is 11.2 Å². The molecule has 0 saturated carbocycles. The molecule has 0 bridgehead atoms. The van der Waals surface area contributed by atoms with E-state index in [-0.39, 0.29) is 5.91 Å². The number of carbonyl (C=O) groups is 1. The van der Waals surface area contributed by atoms with Crippen LogP contribution in [0.4, 0.5) is 11.4 Å². The summed E-state index contributed by atoms with van der Waals surface area (Å²) in [6, 6.07) is 5.26. The van der Waals surface area contributed by atoms with Crippen molar-refractivity contribution in [3.63, 3.8) is 0 Å². The van der Waals surface area contributed by atoms with Crippen LogP contribution in [0.2, 0.25) is 0 Å². The molecule has 4 heteroatoms. The SMILES string of the molecule is C#CCCNC(=O)c1cc(N)ccc1N(C)C. The first kappa shape index (κ1) is 12.9. The third kappa shape index (κ3) is 3.42. The quantitative estimate of drug-likeness (QED) is 0.463. The first-order valence-electron chi connectivity index (χ1n) is 5.34. The van der Waals surface area contributed by atoms with Gasteiger partial charge in [0.05, 0.1) is 5.56 Å². The van der Waals surface area contributed by atoms with Crippen LogP contribution in [0.1, 0.15) is 16.8 Å². The van der Waals surface area contributed by atoms with Gasteiger partial charge in [-0.1, -0.05) is 0 Å². The summed E-state index contributed by atoms with van der Waals surface area (Å²) in [5.41, 5.74) is 7.65. The standard InChI is InChI=1S/C13H17N3O/c1-4-5-8-15-13(17)11-9-10(14)6-7-12(11)16(2)3/h1,6-7,9H,5,8,14H2,2-3H3,(H,15,17). The molecule has 0 radical (unpaired) electrons. The van der Waals surface area contributed by atoms with Gasteiger partial charge < -0.3 is 16.0 Å². The average molecular weight is 231 g/mol. The van der Waals surface area contributed by atoms with Gasteiger partial charge in [0.25, 0.3) is 5.91 Å². The second-order valence-corrected chi connectivity index (χ2v) is 3.88. The van der Waals surface area contributed by atoms with Crippen LogP contribution in [-0.4, -0.2) is 26.5 Å². The maximum Gasteiger partial charge on any atom is 0.253 e. The topological polar surface area (TPSA) is 58.4 Å². The monoisotopic (exact) mass is 231 g/mol. The predicted molar refractivity (Wildman–Crippen MR) is 71.0 cm³/mol. The maximum absolute atomic E-state index is 11.9. The van der Waals surface area contributed by atoms with Crippen molar-refractivity contribution in [1.29, 1.82) is 0 Å². The van der Waals surface area contributed by atoms with Crippen LogP contribution in [0, 0.1) is 12.3 Å². The molecule has 4 nitrogen and oxygen atoms in total. The molecule has 17 heavy (non-hydrogen) atoms. The summed E-state index contributed by atoms with van der Waals surface area (Å²) in [4.78, 5) is 13.8. The van der Waals surface area contributed by atoms with E-state index in [1.807, 2.05) is 25.1 Å². The van der Waals surface area contributed by atoms with Gasteiger partial charge in [-0.15, -0.1) is 12.3 Å². The van der Waals surface area contributed by atoms with E-state index in [1.54, 1.807) is 12.1 Å². The normalized spacial score (nSPS) is 9.47. The molecule has 0 heterocycles. The molecule has 0 aliphatic rings. The van der Waals surface area contributed by atoms with Gasteiger partial charge in [-0.2, -0.15) is 0 Å². The second kappa shape index (κ2) is 5.80. The zero-order valence-corrected chi connectivity index (χ0v) is 10.2. The van der Waals surface area contributed by atoms with Gasteiger partial charge in [-0.25, -0.2) is 0 Å². The highest BCUT2D eigenvalue weighted by atomic mass is 16.1. The summed E-state index contributed by atoms with van der Waals surface area (Å²) >= 11 is 0. The number of amides is 1. The number of hydrogen-bond acceptors (Lipinski definition) is 3. The Kier molecular flexibility index (Phi) is 4.41. The number of nitrogens with zero attached hydrogens (tertiary/aromatic N) is 1. The lowest BCUT2D eigenvalue weighted by Gasteiger charge is -2.17. The van der Waals surface area contributed by atoms with Gasteiger partial charge in [-0.3, -0.25) is 4.79 Å². The number of nitrogens with two attached hydrogens (primary N) is 1. The lowest BCUT2D eigenvalue weighted by molar-refractivity contribution is 0.0955. The highest BCUT2D eigenvalue weighted by Crippen LogP contribution is 2.21. The molecule has 1 aromatic carbocycles. The van der Waals surface area contributed by atoms with Crippen molar-refractivity contribution >= 4 is 17.3 Å². The van der Waals surface area contributed by atoms with E-state index in [4.69, 9.17) is 12.2 Å². The second-order valence-electron chi connectivity index (χ2n) is 3.88. The molecule has 1 amide bonds. The Morgan fingerprint density at radius 2 is 2.24 bits per heavy atom. The van der Waals surface area contributed by atoms with Crippen LogP contribution < -0.4 is 16.0 Å². The van der Waals surface area contributed by atoms with E-state index in [9.17, 15) is 4.79 Å². The molecule has 0 aliphatic heterocycles. The minimum atomic E-state index is -0.156. The van der Waals surface area contributed by atoms with Crippen molar-refractivity contribution in [3.05, 3.63) is 23.8 Å². The molecule has 0 aromatic heterocycles. The first-order chi connectivity index (χ1) is 8.06. The molecule has 0 atom stereocenters. The Labute approximate surface area is 102 Å². The highest BCUT2D eigenvalue weighted by Gasteiger charge is 2.12. The molecule has 0 aliphatic carbocycles. The zero-order chi connectivity index (χ0) is 12.8. The molecule has 0 unspecified atom stereocenters. The molecule has 0 fully saturated rings. The number of anilines is 2. The fraction of sp³-hybridized carbons (Fsp3) is 0.308. The molecule has 3 N–H and O–H groups in total.